The summed E-state index contributed by atoms with van der Waals surface area (Å²) in [6.45, 7) is 5.37. The van der Waals surface area contributed by atoms with Crippen LogP contribution in [0.3, 0.4) is 0 Å². The maximum atomic E-state index is 13.4. The summed E-state index contributed by atoms with van der Waals surface area (Å²) in [5.74, 6) is 0.970. The molecule has 1 heterocycles. The van der Waals surface area contributed by atoms with Gasteiger partial charge in [-0.2, -0.15) is 0 Å². The zero-order valence-electron chi connectivity index (χ0n) is 12.2. The summed E-state index contributed by atoms with van der Waals surface area (Å²) in [5.41, 5.74) is 0.860. The van der Waals surface area contributed by atoms with Gasteiger partial charge in [0, 0.05) is 18.2 Å². The van der Waals surface area contributed by atoms with E-state index in [1.54, 1.807) is 6.07 Å². The maximum absolute atomic E-state index is 13.4. The molecule has 0 amide bonds. The Balaban J connectivity index is 2.03. The van der Waals surface area contributed by atoms with Gasteiger partial charge in [-0.05, 0) is 43.4 Å². The Labute approximate surface area is 120 Å². The molecule has 2 unspecified atom stereocenters. The summed E-state index contributed by atoms with van der Waals surface area (Å²) < 4.78 is 19.1. The number of aliphatic hydroxyl groups is 1. The molecule has 0 saturated heterocycles. The van der Waals surface area contributed by atoms with Gasteiger partial charge in [0.15, 0.2) is 0 Å². The average Bonchev–Trinajstić information content (AvgIpc) is 2.57. The van der Waals surface area contributed by atoms with Crippen LogP contribution in [0.2, 0.25) is 0 Å². The summed E-state index contributed by atoms with van der Waals surface area (Å²) >= 11 is 0. The van der Waals surface area contributed by atoms with Crippen molar-refractivity contribution < 1.29 is 14.2 Å². The lowest BCUT2D eigenvalue weighted by Gasteiger charge is -2.21. The first-order valence-corrected chi connectivity index (χ1v) is 7.40. The fraction of sp³-hybridized carbons (Fsp3) is 0.625. The van der Waals surface area contributed by atoms with E-state index in [1.807, 2.05) is 0 Å². The van der Waals surface area contributed by atoms with E-state index in [1.165, 1.54) is 12.1 Å². The molecule has 0 fully saturated rings. The van der Waals surface area contributed by atoms with Gasteiger partial charge in [-0.1, -0.05) is 13.8 Å². The van der Waals surface area contributed by atoms with Gasteiger partial charge in [0.25, 0.3) is 0 Å². The van der Waals surface area contributed by atoms with Gasteiger partial charge >= 0.3 is 0 Å². The number of fused-ring (bicyclic) bond motifs is 1. The molecule has 0 aromatic heterocycles. The third-order valence-corrected chi connectivity index (χ3v) is 3.59. The van der Waals surface area contributed by atoms with Crippen LogP contribution in [0.1, 0.15) is 44.7 Å². The molecular formula is C16H24FNO2. The van der Waals surface area contributed by atoms with Crippen LogP contribution in [0.15, 0.2) is 18.2 Å². The molecule has 0 spiro atoms. The van der Waals surface area contributed by atoms with E-state index in [4.69, 9.17) is 4.74 Å². The average molecular weight is 281 g/mol. The highest BCUT2D eigenvalue weighted by molar-refractivity contribution is 5.37. The second kappa shape index (κ2) is 7.04. The molecule has 4 heteroatoms. The molecular weight excluding hydrogens is 257 g/mol. The van der Waals surface area contributed by atoms with E-state index in [-0.39, 0.29) is 18.0 Å². The minimum Gasteiger partial charge on any atom is -0.493 e. The minimum atomic E-state index is -0.365. The predicted molar refractivity (Wildman–Crippen MR) is 77.3 cm³/mol. The Morgan fingerprint density at radius 3 is 3.00 bits per heavy atom. The van der Waals surface area contributed by atoms with Crippen molar-refractivity contribution in [2.24, 2.45) is 5.92 Å². The van der Waals surface area contributed by atoms with Crippen molar-refractivity contribution in [3.05, 3.63) is 29.6 Å². The van der Waals surface area contributed by atoms with Crippen LogP contribution in [-0.2, 0) is 0 Å². The molecule has 1 aromatic carbocycles. The van der Waals surface area contributed by atoms with E-state index >= 15 is 0 Å². The molecule has 1 aliphatic rings. The topological polar surface area (TPSA) is 41.5 Å². The molecule has 112 valence electrons. The van der Waals surface area contributed by atoms with Gasteiger partial charge in [-0.3, -0.25) is 0 Å². The highest BCUT2D eigenvalue weighted by Crippen LogP contribution is 2.32. The van der Waals surface area contributed by atoms with Gasteiger partial charge in [0.05, 0.1) is 12.7 Å². The molecule has 2 N–H and O–H groups in total. The van der Waals surface area contributed by atoms with E-state index < -0.39 is 0 Å². The number of hydrogen-bond donors (Lipinski definition) is 2. The van der Waals surface area contributed by atoms with Crippen LogP contribution in [-0.4, -0.2) is 24.4 Å². The normalized spacial score (nSPS) is 20.1. The molecule has 0 radical (unpaired) electrons. The summed E-state index contributed by atoms with van der Waals surface area (Å²) in [4.78, 5) is 0. The Kier molecular flexibility index (Phi) is 5.38. The van der Waals surface area contributed by atoms with Crippen LogP contribution in [0.5, 0.6) is 5.75 Å². The summed E-state index contributed by atoms with van der Waals surface area (Å²) in [6.07, 6.45) is 2.22. The molecule has 3 nitrogen and oxygen atoms in total. The SMILES string of the molecule is CC(C)CC(O)CNC1CCCOc2ccc(F)cc21. The molecule has 1 aromatic rings. The molecule has 0 aliphatic carbocycles. The second-order valence-electron chi connectivity index (χ2n) is 5.92. The highest BCUT2D eigenvalue weighted by atomic mass is 19.1. The number of rotatable bonds is 5. The lowest BCUT2D eigenvalue weighted by atomic mass is 10.0. The van der Waals surface area contributed by atoms with Gasteiger partial charge in [0.1, 0.15) is 11.6 Å². The third kappa shape index (κ3) is 4.18. The number of hydrogen-bond acceptors (Lipinski definition) is 3. The van der Waals surface area contributed by atoms with Crippen molar-refractivity contribution in [2.45, 2.75) is 45.3 Å². The first-order chi connectivity index (χ1) is 9.56. The first-order valence-electron chi connectivity index (χ1n) is 7.40. The van der Waals surface area contributed by atoms with Crippen molar-refractivity contribution in [3.63, 3.8) is 0 Å². The van der Waals surface area contributed by atoms with Crippen LogP contribution >= 0.6 is 0 Å². The second-order valence-corrected chi connectivity index (χ2v) is 5.92. The smallest absolute Gasteiger partial charge is 0.124 e. The van der Waals surface area contributed by atoms with E-state index in [0.717, 1.165) is 30.6 Å². The summed E-state index contributed by atoms with van der Waals surface area (Å²) in [6, 6.07) is 4.70. The molecule has 20 heavy (non-hydrogen) atoms. The van der Waals surface area contributed by atoms with E-state index in [9.17, 15) is 9.50 Å². The van der Waals surface area contributed by atoms with E-state index in [2.05, 4.69) is 19.2 Å². The number of halogens is 1. The zero-order chi connectivity index (χ0) is 14.5. The van der Waals surface area contributed by atoms with Crippen molar-refractivity contribution >= 4 is 0 Å². The molecule has 0 saturated carbocycles. The van der Waals surface area contributed by atoms with Gasteiger partial charge in [0.2, 0.25) is 0 Å². The van der Waals surface area contributed by atoms with Crippen molar-refractivity contribution in [1.82, 2.24) is 5.32 Å². The summed E-state index contributed by atoms with van der Waals surface area (Å²) in [7, 11) is 0. The minimum absolute atomic E-state index is 0.0463. The van der Waals surface area contributed by atoms with Crippen LogP contribution in [0.4, 0.5) is 4.39 Å². The lowest BCUT2D eigenvalue weighted by Crippen LogP contribution is -2.31. The van der Waals surface area contributed by atoms with E-state index in [0.29, 0.717) is 19.1 Å². The number of aliphatic hydroxyl groups excluding tert-OH is 1. The van der Waals surface area contributed by atoms with Crippen LogP contribution in [0, 0.1) is 11.7 Å². The van der Waals surface area contributed by atoms with Crippen molar-refractivity contribution in [3.8, 4) is 5.75 Å². The van der Waals surface area contributed by atoms with Crippen molar-refractivity contribution in [2.75, 3.05) is 13.2 Å². The lowest BCUT2D eigenvalue weighted by molar-refractivity contribution is 0.142. The molecule has 1 aliphatic heterocycles. The monoisotopic (exact) mass is 281 g/mol. The number of benzene rings is 1. The summed E-state index contributed by atoms with van der Waals surface area (Å²) in [5, 5.41) is 13.3. The molecule has 0 bridgehead atoms. The standard InChI is InChI=1S/C16H24FNO2/c1-11(2)8-13(19)10-18-15-4-3-7-20-16-6-5-12(17)9-14(15)16/h5-6,9,11,13,15,18-19H,3-4,7-8,10H2,1-2H3. The first kappa shape index (κ1) is 15.3. The van der Waals surface area contributed by atoms with Gasteiger partial charge < -0.3 is 15.2 Å². The largest absolute Gasteiger partial charge is 0.493 e. The zero-order valence-corrected chi connectivity index (χ0v) is 12.2. The fourth-order valence-corrected chi connectivity index (χ4v) is 2.67. The number of ether oxygens (including phenoxy) is 1. The van der Waals surface area contributed by atoms with Crippen LogP contribution in [0.25, 0.3) is 0 Å². The quantitative estimate of drug-likeness (QED) is 0.871. The van der Waals surface area contributed by atoms with Gasteiger partial charge in [-0.15, -0.1) is 0 Å². The fourth-order valence-electron chi connectivity index (χ4n) is 2.67. The van der Waals surface area contributed by atoms with Crippen molar-refractivity contribution in [1.29, 1.82) is 0 Å². The number of nitrogens with one attached hydrogen (secondary N) is 1. The maximum Gasteiger partial charge on any atom is 0.124 e. The Morgan fingerprint density at radius 1 is 1.45 bits per heavy atom. The molecule has 2 rings (SSSR count). The van der Waals surface area contributed by atoms with Crippen LogP contribution < -0.4 is 10.1 Å². The third-order valence-electron chi connectivity index (χ3n) is 3.59. The Bertz CT molecular complexity index is 436. The predicted octanol–water partition coefficient (Wildman–Crippen LogP) is 3.04. The van der Waals surface area contributed by atoms with Gasteiger partial charge in [-0.25, -0.2) is 4.39 Å². The Morgan fingerprint density at radius 2 is 2.25 bits per heavy atom. The Hall–Kier alpha value is -1.13. The highest BCUT2D eigenvalue weighted by Gasteiger charge is 2.21. The molecule has 2 atom stereocenters.